The SMILES string of the molecule is O=C1OC(CO)(c2ccccc2)C2=C1CCN(C(=O)NCc1ccccc1)C2. The van der Waals surface area contributed by atoms with Gasteiger partial charge in [0, 0.05) is 36.3 Å². The Labute approximate surface area is 163 Å². The van der Waals surface area contributed by atoms with Gasteiger partial charge in [0.2, 0.25) is 0 Å². The molecule has 2 aliphatic heterocycles. The van der Waals surface area contributed by atoms with Crippen molar-refractivity contribution in [2.45, 2.75) is 18.6 Å². The van der Waals surface area contributed by atoms with Crippen molar-refractivity contribution in [1.82, 2.24) is 10.2 Å². The number of urea groups is 1. The molecule has 2 amide bonds. The second-order valence-electron chi connectivity index (χ2n) is 7.01. The van der Waals surface area contributed by atoms with Gasteiger partial charge in [-0.2, -0.15) is 0 Å². The van der Waals surface area contributed by atoms with Gasteiger partial charge in [-0.1, -0.05) is 60.7 Å². The van der Waals surface area contributed by atoms with E-state index in [0.29, 0.717) is 36.2 Å². The maximum absolute atomic E-state index is 12.7. The van der Waals surface area contributed by atoms with Crippen molar-refractivity contribution in [3.63, 3.8) is 0 Å². The van der Waals surface area contributed by atoms with Crippen molar-refractivity contribution in [1.29, 1.82) is 0 Å². The smallest absolute Gasteiger partial charge is 0.335 e. The highest BCUT2D eigenvalue weighted by atomic mass is 16.6. The zero-order valence-electron chi connectivity index (χ0n) is 15.4. The quantitative estimate of drug-likeness (QED) is 0.801. The van der Waals surface area contributed by atoms with Gasteiger partial charge in [0.05, 0.1) is 6.61 Å². The predicted octanol–water partition coefficient (Wildman–Crippen LogP) is 2.34. The van der Waals surface area contributed by atoms with E-state index >= 15 is 0 Å². The van der Waals surface area contributed by atoms with E-state index in [1.54, 1.807) is 4.90 Å². The lowest BCUT2D eigenvalue weighted by molar-refractivity contribution is -0.151. The van der Waals surface area contributed by atoms with Crippen LogP contribution in [0.25, 0.3) is 0 Å². The summed E-state index contributed by atoms with van der Waals surface area (Å²) in [5.41, 5.74) is 1.76. The van der Waals surface area contributed by atoms with Crippen LogP contribution in [-0.4, -0.2) is 41.7 Å². The Morgan fingerprint density at radius 3 is 2.46 bits per heavy atom. The number of benzene rings is 2. The number of aliphatic hydroxyl groups excluding tert-OH is 1. The molecular formula is C22H22N2O4. The molecule has 6 heteroatoms. The minimum absolute atomic E-state index is 0.199. The van der Waals surface area contributed by atoms with Crippen LogP contribution in [0.3, 0.4) is 0 Å². The number of esters is 1. The summed E-state index contributed by atoms with van der Waals surface area (Å²) in [5, 5.41) is 13.1. The molecule has 6 nitrogen and oxygen atoms in total. The Balaban J connectivity index is 1.54. The molecule has 0 radical (unpaired) electrons. The highest BCUT2D eigenvalue weighted by Gasteiger charge is 2.50. The molecule has 0 saturated carbocycles. The third-order valence-electron chi connectivity index (χ3n) is 5.38. The molecule has 2 aliphatic rings. The number of amides is 2. The minimum Gasteiger partial charge on any atom is -0.444 e. The fourth-order valence-electron chi connectivity index (χ4n) is 3.86. The largest absolute Gasteiger partial charge is 0.444 e. The molecule has 0 fully saturated rings. The van der Waals surface area contributed by atoms with Crippen LogP contribution in [0.2, 0.25) is 0 Å². The predicted molar refractivity (Wildman–Crippen MR) is 103 cm³/mol. The van der Waals surface area contributed by atoms with Crippen LogP contribution in [0.1, 0.15) is 17.5 Å². The topological polar surface area (TPSA) is 78.9 Å². The summed E-state index contributed by atoms with van der Waals surface area (Å²) >= 11 is 0. The molecule has 144 valence electrons. The van der Waals surface area contributed by atoms with Crippen LogP contribution in [0.5, 0.6) is 0 Å². The van der Waals surface area contributed by atoms with E-state index in [2.05, 4.69) is 5.32 Å². The Morgan fingerprint density at radius 2 is 1.79 bits per heavy atom. The fourth-order valence-corrected chi connectivity index (χ4v) is 3.86. The van der Waals surface area contributed by atoms with Gasteiger partial charge >= 0.3 is 12.0 Å². The molecule has 2 heterocycles. The summed E-state index contributed by atoms with van der Waals surface area (Å²) in [5.74, 6) is -0.405. The molecule has 0 aromatic heterocycles. The van der Waals surface area contributed by atoms with Gasteiger partial charge in [0.25, 0.3) is 0 Å². The number of hydrogen-bond donors (Lipinski definition) is 2. The summed E-state index contributed by atoms with van der Waals surface area (Å²) in [6.07, 6.45) is 0.418. The lowest BCUT2D eigenvalue weighted by atomic mass is 9.83. The molecule has 2 aromatic carbocycles. The average molecular weight is 378 g/mol. The second-order valence-corrected chi connectivity index (χ2v) is 7.01. The Kier molecular flexibility index (Phi) is 4.88. The maximum Gasteiger partial charge on any atom is 0.335 e. The van der Waals surface area contributed by atoms with Crippen molar-refractivity contribution >= 4 is 12.0 Å². The molecule has 2 aromatic rings. The number of rotatable bonds is 4. The highest BCUT2D eigenvalue weighted by molar-refractivity contribution is 5.94. The van der Waals surface area contributed by atoms with Gasteiger partial charge in [0.15, 0.2) is 5.60 Å². The molecule has 0 spiro atoms. The van der Waals surface area contributed by atoms with Crippen molar-refractivity contribution in [3.05, 3.63) is 82.9 Å². The van der Waals surface area contributed by atoms with Gasteiger partial charge in [-0.3, -0.25) is 0 Å². The average Bonchev–Trinajstić information content (AvgIpc) is 3.05. The molecule has 1 atom stereocenters. The third kappa shape index (κ3) is 3.16. The van der Waals surface area contributed by atoms with Crippen molar-refractivity contribution < 1.29 is 19.4 Å². The first-order valence-electron chi connectivity index (χ1n) is 9.33. The number of cyclic esters (lactones) is 1. The van der Waals surface area contributed by atoms with Crippen molar-refractivity contribution in [2.75, 3.05) is 19.7 Å². The standard InChI is InChI=1S/C22H22N2O4/c25-15-22(17-9-5-2-6-10-17)19-14-24(12-11-18(19)20(26)28-22)21(27)23-13-16-7-3-1-4-8-16/h1-10,25H,11-15H2,(H,23,27). The van der Waals surface area contributed by atoms with Crippen LogP contribution < -0.4 is 5.32 Å². The Bertz CT molecular complexity index is 911. The molecule has 0 bridgehead atoms. The van der Waals surface area contributed by atoms with E-state index in [4.69, 9.17) is 4.74 Å². The van der Waals surface area contributed by atoms with Gasteiger partial charge in [-0.05, 0) is 12.0 Å². The molecule has 1 unspecified atom stereocenters. The van der Waals surface area contributed by atoms with E-state index in [1.807, 2.05) is 60.7 Å². The summed E-state index contributed by atoms with van der Waals surface area (Å²) in [4.78, 5) is 26.8. The summed E-state index contributed by atoms with van der Waals surface area (Å²) < 4.78 is 5.67. The second kappa shape index (κ2) is 7.48. The number of hydrogen-bond acceptors (Lipinski definition) is 4. The van der Waals surface area contributed by atoms with E-state index < -0.39 is 11.6 Å². The summed E-state index contributed by atoms with van der Waals surface area (Å²) in [7, 11) is 0. The molecule has 2 N–H and O–H groups in total. The van der Waals surface area contributed by atoms with Gasteiger partial charge in [0.1, 0.15) is 0 Å². The van der Waals surface area contributed by atoms with E-state index in [9.17, 15) is 14.7 Å². The van der Waals surface area contributed by atoms with E-state index in [-0.39, 0.29) is 19.2 Å². The number of nitrogens with zero attached hydrogens (tertiary/aromatic N) is 1. The van der Waals surface area contributed by atoms with E-state index in [1.165, 1.54) is 0 Å². The number of carbonyl (C=O) groups excluding carboxylic acids is 2. The van der Waals surface area contributed by atoms with Crippen LogP contribution in [0.15, 0.2) is 71.8 Å². The van der Waals surface area contributed by atoms with Crippen LogP contribution in [0, 0.1) is 0 Å². The van der Waals surface area contributed by atoms with Gasteiger partial charge in [-0.15, -0.1) is 0 Å². The number of nitrogens with one attached hydrogen (secondary N) is 1. The van der Waals surface area contributed by atoms with Gasteiger partial charge < -0.3 is 20.1 Å². The zero-order valence-corrected chi connectivity index (χ0v) is 15.4. The summed E-state index contributed by atoms with van der Waals surface area (Å²) in [6.45, 7) is 0.754. The number of ether oxygens (including phenoxy) is 1. The maximum atomic E-state index is 12.7. The van der Waals surface area contributed by atoms with Crippen molar-refractivity contribution in [2.24, 2.45) is 0 Å². The minimum atomic E-state index is -1.22. The fraction of sp³-hybridized carbons (Fsp3) is 0.273. The van der Waals surface area contributed by atoms with E-state index in [0.717, 1.165) is 5.56 Å². The van der Waals surface area contributed by atoms with Crippen molar-refractivity contribution in [3.8, 4) is 0 Å². The molecule has 4 rings (SSSR count). The molecular weight excluding hydrogens is 356 g/mol. The first-order valence-corrected chi connectivity index (χ1v) is 9.33. The van der Waals surface area contributed by atoms with Crippen LogP contribution in [-0.2, 0) is 21.7 Å². The highest BCUT2D eigenvalue weighted by Crippen LogP contribution is 2.44. The Morgan fingerprint density at radius 1 is 1.11 bits per heavy atom. The Hall–Kier alpha value is -3.12. The first-order chi connectivity index (χ1) is 13.6. The number of aliphatic hydroxyl groups is 1. The monoisotopic (exact) mass is 378 g/mol. The third-order valence-corrected chi connectivity index (χ3v) is 5.38. The molecule has 28 heavy (non-hydrogen) atoms. The zero-order chi connectivity index (χ0) is 19.6. The molecule has 0 aliphatic carbocycles. The van der Waals surface area contributed by atoms with Crippen LogP contribution in [0.4, 0.5) is 4.79 Å². The summed E-state index contributed by atoms with van der Waals surface area (Å²) in [6, 6.07) is 18.7. The van der Waals surface area contributed by atoms with Crippen LogP contribution >= 0.6 is 0 Å². The lowest BCUT2D eigenvalue weighted by Crippen LogP contribution is -2.46. The molecule has 0 saturated heterocycles. The lowest BCUT2D eigenvalue weighted by Gasteiger charge is -2.34. The van der Waals surface area contributed by atoms with Gasteiger partial charge in [-0.25, -0.2) is 9.59 Å². The number of carbonyl (C=O) groups is 2. The first kappa shape index (κ1) is 18.3. The normalized spacial score (nSPS) is 21.3.